The predicted molar refractivity (Wildman–Crippen MR) is 138 cm³/mol. The molecule has 0 fully saturated rings. The first-order chi connectivity index (χ1) is 15.4. The van der Waals surface area contributed by atoms with Gasteiger partial charge in [0.05, 0.1) is 19.9 Å². The van der Waals surface area contributed by atoms with Crippen molar-refractivity contribution < 1.29 is 9.53 Å². The second-order valence-corrected chi connectivity index (χ2v) is 10.6. The van der Waals surface area contributed by atoms with Crippen LogP contribution in [0.15, 0.2) is 41.3 Å². The molecule has 0 aliphatic rings. The van der Waals surface area contributed by atoms with Gasteiger partial charge in [-0.1, -0.05) is 82.0 Å². The number of hydrogen-bond acceptors (Lipinski definition) is 4. The van der Waals surface area contributed by atoms with Gasteiger partial charge in [0.25, 0.3) is 0 Å². The van der Waals surface area contributed by atoms with Gasteiger partial charge in [-0.15, -0.1) is 0 Å². The lowest BCUT2D eigenvalue weighted by molar-refractivity contribution is -0.159. The molecule has 0 spiro atoms. The Bertz CT molecular complexity index is 1020. The van der Waals surface area contributed by atoms with E-state index in [2.05, 4.69) is 4.98 Å². The smallest absolute Gasteiger partial charge is 0.326 e. The lowest BCUT2D eigenvalue weighted by Crippen LogP contribution is -2.37. The van der Waals surface area contributed by atoms with Gasteiger partial charge < -0.3 is 9.30 Å². The SMILES string of the molecule is [B]C(C)(C)CC(C)(C(=O)OCCCCCCn1cc(-c2ccccc2)c(=S)[nH]c1=O)C(C)C. The molecule has 0 aliphatic carbocycles. The van der Waals surface area contributed by atoms with E-state index in [1.54, 1.807) is 4.57 Å². The molecule has 178 valence electrons. The first-order valence-corrected chi connectivity index (χ1v) is 12.2. The van der Waals surface area contributed by atoms with Gasteiger partial charge in [0, 0.05) is 18.3 Å². The summed E-state index contributed by atoms with van der Waals surface area (Å²) >= 11 is 5.34. The zero-order valence-electron chi connectivity index (χ0n) is 20.6. The van der Waals surface area contributed by atoms with E-state index < -0.39 is 10.7 Å². The molecule has 5 nitrogen and oxygen atoms in total. The van der Waals surface area contributed by atoms with E-state index in [1.165, 1.54) is 0 Å². The van der Waals surface area contributed by atoms with Crippen molar-refractivity contribution in [1.29, 1.82) is 0 Å². The first kappa shape index (κ1) is 27.1. The Balaban J connectivity index is 1.81. The summed E-state index contributed by atoms with van der Waals surface area (Å²) in [5.74, 6) is -0.0270. The maximum absolute atomic E-state index is 12.7. The molecule has 1 aromatic heterocycles. The number of aromatic nitrogens is 2. The molecule has 0 saturated heterocycles. The van der Waals surface area contributed by atoms with Crippen molar-refractivity contribution in [1.82, 2.24) is 9.55 Å². The van der Waals surface area contributed by atoms with Gasteiger partial charge in [-0.2, -0.15) is 0 Å². The number of hydrogen-bond donors (Lipinski definition) is 1. The maximum atomic E-state index is 12.7. The van der Waals surface area contributed by atoms with Crippen LogP contribution in [0, 0.1) is 16.0 Å². The van der Waals surface area contributed by atoms with E-state index >= 15 is 0 Å². The molecule has 0 saturated carbocycles. The average molecular weight is 468 g/mol. The highest BCUT2D eigenvalue weighted by Gasteiger charge is 2.40. The second-order valence-electron chi connectivity index (χ2n) is 10.1. The Hall–Kier alpha value is -2.15. The number of unbranched alkanes of at least 4 members (excludes halogenated alkanes) is 3. The van der Waals surface area contributed by atoms with Crippen molar-refractivity contribution in [2.75, 3.05) is 6.61 Å². The normalized spacial score (nSPS) is 13.6. The van der Waals surface area contributed by atoms with Gasteiger partial charge in [-0.25, -0.2) is 4.79 Å². The minimum Gasteiger partial charge on any atom is -0.465 e. The van der Waals surface area contributed by atoms with Crippen LogP contribution >= 0.6 is 12.2 Å². The van der Waals surface area contributed by atoms with Crippen molar-refractivity contribution >= 4 is 26.0 Å². The lowest BCUT2D eigenvalue weighted by atomic mass is 9.60. The van der Waals surface area contributed by atoms with Crippen LogP contribution in [-0.4, -0.2) is 30.0 Å². The van der Waals surface area contributed by atoms with Crippen LogP contribution in [0.25, 0.3) is 11.1 Å². The molecule has 1 heterocycles. The summed E-state index contributed by atoms with van der Waals surface area (Å²) in [5, 5.41) is -0.433. The van der Waals surface area contributed by atoms with Gasteiger partial charge in [-0.05, 0) is 44.1 Å². The van der Waals surface area contributed by atoms with Gasteiger partial charge in [-0.3, -0.25) is 9.78 Å². The zero-order chi connectivity index (χ0) is 24.6. The van der Waals surface area contributed by atoms with Crippen molar-refractivity contribution in [3.05, 3.63) is 51.7 Å². The summed E-state index contributed by atoms with van der Waals surface area (Å²) in [6.45, 7) is 10.9. The Labute approximate surface area is 204 Å². The fourth-order valence-corrected chi connectivity index (χ4v) is 4.28. The first-order valence-electron chi connectivity index (χ1n) is 11.8. The number of rotatable bonds is 12. The summed E-state index contributed by atoms with van der Waals surface area (Å²) in [4.78, 5) is 27.8. The molecule has 1 aromatic carbocycles. The standard InChI is InChI=1S/C26H37BN2O3S/c1-19(2)26(5,18-25(3,4)27)23(30)32-16-12-7-6-11-15-29-17-21(22(33)28-24(29)31)20-13-9-8-10-14-20/h8-10,13-14,17,19H,6-7,11-12,15-16,18H2,1-5H3,(H,28,31,33). The summed E-state index contributed by atoms with van der Waals surface area (Å²) < 4.78 is 7.75. The number of H-pyrrole nitrogens is 1. The molecule has 0 amide bonds. The third kappa shape index (κ3) is 7.99. The van der Waals surface area contributed by atoms with Crippen LogP contribution < -0.4 is 5.69 Å². The van der Waals surface area contributed by atoms with E-state index in [0.717, 1.165) is 36.8 Å². The molecule has 0 aliphatic heterocycles. The molecule has 7 heteroatoms. The Kier molecular flexibility index (Phi) is 9.71. The van der Waals surface area contributed by atoms with Crippen LogP contribution in [0.3, 0.4) is 0 Å². The monoisotopic (exact) mass is 468 g/mol. The molecule has 1 atom stereocenters. The van der Waals surface area contributed by atoms with E-state index in [4.69, 9.17) is 24.8 Å². The number of aryl methyl sites for hydroxylation is 1. The third-order valence-corrected chi connectivity index (χ3v) is 6.51. The van der Waals surface area contributed by atoms with E-state index in [9.17, 15) is 9.59 Å². The van der Waals surface area contributed by atoms with Crippen LogP contribution in [0.4, 0.5) is 0 Å². The fraction of sp³-hybridized carbons (Fsp3) is 0.577. The topological polar surface area (TPSA) is 64.1 Å². The third-order valence-electron chi connectivity index (χ3n) is 6.19. The van der Waals surface area contributed by atoms with Crippen molar-refractivity contribution in [2.24, 2.45) is 11.3 Å². The number of esters is 1. The van der Waals surface area contributed by atoms with E-state index in [0.29, 0.717) is 24.2 Å². The quantitative estimate of drug-likeness (QED) is 0.177. The van der Waals surface area contributed by atoms with Crippen molar-refractivity contribution in [3.63, 3.8) is 0 Å². The van der Waals surface area contributed by atoms with Crippen LogP contribution in [0.2, 0.25) is 5.31 Å². The van der Waals surface area contributed by atoms with Gasteiger partial charge >= 0.3 is 11.7 Å². The van der Waals surface area contributed by atoms with Crippen LogP contribution in [0.1, 0.15) is 66.7 Å². The van der Waals surface area contributed by atoms with Crippen molar-refractivity contribution in [3.8, 4) is 11.1 Å². The Morgan fingerprint density at radius 1 is 1.12 bits per heavy atom. The predicted octanol–water partition coefficient (Wildman–Crippen LogP) is 6.10. The molecule has 0 bridgehead atoms. The fourth-order valence-electron chi connectivity index (χ4n) is 4.02. The molecular formula is C26H37BN2O3S. The van der Waals surface area contributed by atoms with E-state index in [1.807, 2.05) is 71.1 Å². The average Bonchev–Trinajstić information content (AvgIpc) is 2.73. The highest BCUT2D eigenvalue weighted by molar-refractivity contribution is 7.71. The number of benzene rings is 1. The number of carbonyl (C=O) groups excluding carboxylic acids is 1. The number of carbonyl (C=O) groups is 1. The summed E-state index contributed by atoms with van der Waals surface area (Å²) in [7, 11) is 6.18. The lowest BCUT2D eigenvalue weighted by Gasteiger charge is -2.37. The Morgan fingerprint density at radius 2 is 1.76 bits per heavy atom. The molecule has 1 unspecified atom stereocenters. The maximum Gasteiger partial charge on any atom is 0.326 e. The molecular weight excluding hydrogens is 431 g/mol. The van der Waals surface area contributed by atoms with E-state index in [-0.39, 0.29) is 17.6 Å². The molecule has 2 aromatic rings. The zero-order valence-corrected chi connectivity index (χ0v) is 21.5. The van der Waals surface area contributed by atoms with Gasteiger partial charge in [0.15, 0.2) is 0 Å². The molecule has 2 radical (unpaired) electrons. The summed E-state index contributed by atoms with van der Waals surface area (Å²) in [5.41, 5.74) is 1.06. The Morgan fingerprint density at radius 3 is 2.36 bits per heavy atom. The molecule has 1 N–H and O–H groups in total. The minimum absolute atomic E-state index is 0.144. The van der Waals surface area contributed by atoms with Crippen LogP contribution in [-0.2, 0) is 16.1 Å². The number of nitrogens with one attached hydrogen (secondary N) is 1. The second kappa shape index (κ2) is 11.8. The molecule has 33 heavy (non-hydrogen) atoms. The number of aromatic amines is 1. The number of ether oxygens (including phenoxy) is 1. The van der Waals surface area contributed by atoms with Crippen molar-refractivity contribution in [2.45, 2.75) is 78.6 Å². The summed E-state index contributed by atoms with van der Waals surface area (Å²) in [6, 6.07) is 9.81. The summed E-state index contributed by atoms with van der Waals surface area (Å²) in [6.07, 6.45) is 5.94. The van der Waals surface area contributed by atoms with Crippen LogP contribution in [0.5, 0.6) is 0 Å². The highest BCUT2D eigenvalue weighted by atomic mass is 32.1. The van der Waals surface area contributed by atoms with Gasteiger partial charge in [0.2, 0.25) is 0 Å². The van der Waals surface area contributed by atoms with Gasteiger partial charge in [0.1, 0.15) is 4.64 Å². The molecule has 2 rings (SSSR count). The largest absolute Gasteiger partial charge is 0.465 e. The highest BCUT2D eigenvalue weighted by Crippen LogP contribution is 2.42. The number of nitrogens with zero attached hydrogens (tertiary/aromatic N) is 1. The minimum atomic E-state index is -0.594.